The molecule has 4 unspecified atom stereocenters. The van der Waals surface area contributed by atoms with E-state index in [-0.39, 0.29) is 17.8 Å². The minimum absolute atomic E-state index is 0.0782. The number of esters is 2. The van der Waals surface area contributed by atoms with Crippen molar-refractivity contribution < 1.29 is 23.9 Å². The van der Waals surface area contributed by atoms with Crippen LogP contribution in [0.25, 0.3) is 21.8 Å². The molecular formula is C44H54N4O5. The first-order chi connectivity index (χ1) is 25.6. The summed E-state index contributed by atoms with van der Waals surface area (Å²) in [5.41, 5.74) is 7.58. The Morgan fingerprint density at radius 3 is 1.89 bits per heavy atom. The highest BCUT2D eigenvalue weighted by Gasteiger charge is 2.50. The molecule has 6 aliphatic heterocycles. The summed E-state index contributed by atoms with van der Waals surface area (Å²) in [6, 6.07) is 13.0. The average Bonchev–Trinajstić information content (AvgIpc) is 3.60. The molecule has 4 saturated heterocycles. The fourth-order valence-electron chi connectivity index (χ4n) is 12.3. The molecule has 10 atom stereocenters. The SMILES string of the molecule is CC[C@H]1C[C@H]2C[C@H]3c4[nH]c5ccc(OC(C)=O)cc5c4CCN(C2)C13.CC[C@H]1C[C@H]2C[C@H]3c4c(c5cc(OC(C)=O)ccc5n4C(C)=O)CCN(C2)C13. The van der Waals surface area contributed by atoms with Crippen molar-refractivity contribution in [2.45, 2.75) is 110 Å². The van der Waals surface area contributed by atoms with E-state index in [1.165, 1.54) is 98.9 Å². The van der Waals surface area contributed by atoms with Crippen LogP contribution >= 0.6 is 0 Å². The fraction of sp³-hybridized carbons (Fsp3) is 0.568. The topological polar surface area (TPSA) is 96.9 Å². The standard InChI is InChI=1S/C23H28N2O3.C21H26N2O2/c1-4-16-9-15-10-20-22(16)24(12-15)8-7-18-19-11-17(28-14(3)27)5-6-21(19)25(13(2)26)23(18)20;1-3-14-8-13-9-18-20-16(6-7-23(11-13)21(14)18)17-10-15(25-12(2)24)4-5-19(17)22-20/h5-6,11,15-16,20,22H,4,7-10,12H2,1-3H3;4-5,10,13-14,18,21-22H,3,6-9,11H2,1-2H3/t15-,16-,20+,22?;13-,14-,18-,21?/m00/s1. The highest BCUT2D eigenvalue weighted by molar-refractivity contribution is 5.96. The maximum atomic E-state index is 12.7. The third kappa shape index (κ3) is 5.84. The number of carbonyl (C=O) groups is 3. The van der Waals surface area contributed by atoms with E-state index in [0.29, 0.717) is 35.4 Å². The van der Waals surface area contributed by atoms with Gasteiger partial charge in [0.2, 0.25) is 5.91 Å². The summed E-state index contributed by atoms with van der Waals surface area (Å²) in [5.74, 6) is 4.93. The van der Waals surface area contributed by atoms with Crippen LogP contribution in [0.1, 0.15) is 112 Å². The average molecular weight is 719 g/mol. The van der Waals surface area contributed by atoms with Crippen LogP contribution in [0.3, 0.4) is 0 Å². The molecule has 6 fully saturated rings. The number of carbonyl (C=O) groups excluding carboxylic acids is 3. The number of fused-ring (bicyclic) bond motifs is 8. The second kappa shape index (κ2) is 13.4. The first kappa shape index (κ1) is 34.8. The van der Waals surface area contributed by atoms with Crippen molar-refractivity contribution >= 4 is 39.7 Å². The Labute approximate surface area is 312 Å². The predicted octanol–water partition coefficient (Wildman–Crippen LogP) is 7.84. The number of nitrogens with zero attached hydrogens (tertiary/aromatic N) is 3. The van der Waals surface area contributed by atoms with Crippen molar-refractivity contribution in [3.63, 3.8) is 0 Å². The van der Waals surface area contributed by atoms with E-state index >= 15 is 0 Å². The number of aromatic amines is 1. The summed E-state index contributed by atoms with van der Waals surface area (Å²) < 4.78 is 12.6. The van der Waals surface area contributed by atoms with Gasteiger partial charge in [-0.2, -0.15) is 0 Å². The van der Waals surface area contributed by atoms with Crippen LogP contribution in [0.4, 0.5) is 0 Å². The van der Waals surface area contributed by atoms with Gasteiger partial charge in [-0.3, -0.25) is 28.8 Å². The van der Waals surface area contributed by atoms with E-state index in [9.17, 15) is 14.4 Å². The van der Waals surface area contributed by atoms with Gasteiger partial charge >= 0.3 is 11.9 Å². The van der Waals surface area contributed by atoms with Crippen molar-refractivity contribution in [3.8, 4) is 11.5 Å². The van der Waals surface area contributed by atoms with Crippen molar-refractivity contribution in [3.05, 3.63) is 58.9 Å². The molecule has 2 aromatic carbocycles. The lowest BCUT2D eigenvalue weighted by Crippen LogP contribution is -2.56. The van der Waals surface area contributed by atoms with Gasteiger partial charge in [0, 0.05) is 98.5 Å². The first-order valence-corrected chi connectivity index (χ1v) is 20.3. The van der Waals surface area contributed by atoms with Crippen LogP contribution in [0.5, 0.6) is 11.5 Å². The number of H-pyrrole nitrogens is 1. The smallest absolute Gasteiger partial charge is 0.308 e. The highest BCUT2D eigenvalue weighted by atomic mass is 16.5. The van der Waals surface area contributed by atoms with Gasteiger partial charge in [0.25, 0.3) is 0 Å². The Morgan fingerprint density at radius 2 is 1.28 bits per heavy atom. The number of aromatic nitrogens is 2. The first-order valence-electron chi connectivity index (χ1n) is 20.3. The summed E-state index contributed by atoms with van der Waals surface area (Å²) >= 11 is 0. The van der Waals surface area contributed by atoms with Crippen molar-refractivity contribution in [1.29, 1.82) is 0 Å². The molecule has 0 radical (unpaired) electrons. The zero-order chi connectivity index (χ0) is 36.7. The monoisotopic (exact) mass is 718 g/mol. The van der Waals surface area contributed by atoms with Gasteiger partial charge in [0.15, 0.2) is 0 Å². The lowest BCUT2D eigenvalue weighted by Gasteiger charge is -2.53. The second-order valence-corrected chi connectivity index (χ2v) is 17.0. The Morgan fingerprint density at radius 1 is 0.717 bits per heavy atom. The van der Waals surface area contributed by atoms with Gasteiger partial charge in [-0.05, 0) is 110 Å². The summed E-state index contributed by atoms with van der Waals surface area (Å²) in [7, 11) is 0. The summed E-state index contributed by atoms with van der Waals surface area (Å²) in [4.78, 5) is 44.7. The van der Waals surface area contributed by atoms with Gasteiger partial charge < -0.3 is 14.5 Å². The number of hydrogen-bond acceptors (Lipinski definition) is 7. The summed E-state index contributed by atoms with van der Waals surface area (Å²) in [6.45, 7) is 13.9. The van der Waals surface area contributed by atoms with Crippen LogP contribution in [0.2, 0.25) is 0 Å². The van der Waals surface area contributed by atoms with E-state index in [1.54, 1.807) is 13.0 Å². The van der Waals surface area contributed by atoms with Crippen molar-refractivity contribution in [1.82, 2.24) is 19.4 Å². The predicted molar refractivity (Wildman–Crippen MR) is 206 cm³/mol. The second-order valence-electron chi connectivity index (χ2n) is 17.0. The molecule has 2 saturated carbocycles. The van der Waals surface area contributed by atoms with E-state index in [0.717, 1.165) is 60.5 Å². The molecule has 2 aliphatic carbocycles. The molecule has 53 heavy (non-hydrogen) atoms. The largest absolute Gasteiger partial charge is 0.427 e. The van der Waals surface area contributed by atoms with Crippen LogP contribution < -0.4 is 9.47 Å². The lowest BCUT2D eigenvalue weighted by molar-refractivity contribution is -0.132. The molecular weight excluding hydrogens is 665 g/mol. The zero-order valence-electron chi connectivity index (χ0n) is 32.0. The third-order valence-electron chi connectivity index (χ3n) is 14.0. The van der Waals surface area contributed by atoms with Gasteiger partial charge in [0.1, 0.15) is 11.5 Å². The Bertz CT molecular complexity index is 2110. The summed E-state index contributed by atoms with van der Waals surface area (Å²) in [6.07, 6.45) is 9.81. The highest BCUT2D eigenvalue weighted by Crippen LogP contribution is 2.53. The van der Waals surface area contributed by atoms with Crippen LogP contribution in [0, 0.1) is 23.7 Å². The van der Waals surface area contributed by atoms with E-state index in [2.05, 4.69) is 34.7 Å². The van der Waals surface area contributed by atoms with Crippen molar-refractivity contribution in [2.75, 3.05) is 26.2 Å². The molecule has 8 bridgehead atoms. The maximum absolute atomic E-state index is 12.7. The Balaban J connectivity index is 0.000000141. The molecule has 280 valence electrons. The van der Waals surface area contributed by atoms with Crippen LogP contribution in [-0.4, -0.2) is 75.5 Å². The maximum Gasteiger partial charge on any atom is 0.308 e. The molecule has 8 heterocycles. The van der Waals surface area contributed by atoms with Crippen LogP contribution in [-0.2, 0) is 22.4 Å². The molecule has 12 rings (SSSR count). The van der Waals surface area contributed by atoms with E-state index < -0.39 is 0 Å². The lowest BCUT2D eigenvalue weighted by atomic mass is 9.65. The van der Waals surface area contributed by atoms with Gasteiger partial charge in [-0.1, -0.05) is 26.7 Å². The van der Waals surface area contributed by atoms with Gasteiger partial charge in [-0.25, -0.2) is 0 Å². The third-order valence-corrected chi connectivity index (χ3v) is 14.0. The molecule has 9 nitrogen and oxygen atoms in total. The normalized spacial score (nSPS) is 31.9. The molecule has 0 spiro atoms. The Hall–Kier alpha value is -3.95. The Kier molecular flexibility index (Phi) is 8.81. The zero-order valence-corrected chi connectivity index (χ0v) is 32.0. The fourth-order valence-corrected chi connectivity index (χ4v) is 12.3. The number of nitrogens with one attached hydrogen (secondary N) is 1. The quantitative estimate of drug-likeness (QED) is 0.170. The van der Waals surface area contributed by atoms with Crippen LogP contribution in [0.15, 0.2) is 36.4 Å². The van der Waals surface area contributed by atoms with Gasteiger partial charge in [-0.15, -0.1) is 0 Å². The molecule has 0 amide bonds. The summed E-state index contributed by atoms with van der Waals surface area (Å²) in [5, 5.41) is 2.31. The molecule has 4 aromatic rings. The molecule has 2 aromatic heterocycles. The molecule has 9 heteroatoms. The number of piperidine rings is 4. The van der Waals surface area contributed by atoms with Gasteiger partial charge in [0.05, 0.1) is 5.52 Å². The van der Waals surface area contributed by atoms with Crippen molar-refractivity contribution in [2.24, 2.45) is 23.7 Å². The molecule has 8 aliphatic rings. The number of hydrogen-bond donors (Lipinski definition) is 1. The number of ether oxygens (including phenoxy) is 2. The number of rotatable bonds is 4. The number of benzene rings is 2. The van der Waals surface area contributed by atoms with E-state index in [1.807, 2.05) is 28.8 Å². The van der Waals surface area contributed by atoms with E-state index in [4.69, 9.17) is 9.47 Å². The minimum atomic E-state index is -0.318. The molecule has 1 N–H and O–H groups in total. The minimum Gasteiger partial charge on any atom is -0.427 e.